The molecule has 0 aliphatic heterocycles. The molecule has 0 fully saturated rings. The highest BCUT2D eigenvalue weighted by Gasteiger charge is 1.86. The summed E-state index contributed by atoms with van der Waals surface area (Å²) in [6.07, 6.45) is 6.54. The number of halogens is 1. The second-order valence-electron chi connectivity index (χ2n) is 2.49. The molecule has 0 saturated carbocycles. The van der Waals surface area contributed by atoms with E-state index < -0.39 is 0 Å². The fraction of sp³-hybridized carbons (Fsp3) is 1.00. The van der Waals surface area contributed by atoms with Crippen molar-refractivity contribution >= 4 is 12.4 Å². The second kappa shape index (κ2) is 12.8. The minimum Gasteiger partial charge on any atom is -0.258 e. The summed E-state index contributed by atoms with van der Waals surface area (Å²) in [5.41, 5.74) is 5.26. The molecule has 0 amide bonds. The highest BCUT2D eigenvalue weighted by molar-refractivity contribution is 5.85. The Labute approximate surface area is 75.5 Å². The van der Waals surface area contributed by atoms with Crippen molar-refractivity contribution in [1.29, 1.82) is 0 Å². The van der Waals surface area contributed by atoms with Gasteiger partial charge in [-0.1, -0.05) is 32.6 Å². The average Bonchev–Trinajstić information content (AvgIpc) is 1.97. The van der Waals surface area contributed by atoms with Crippen molar-refractivity contribution in [2.45, 2.75) is 39.0 Å². The first kappa shape index (κ1) is 13.7. The highest BCUT2D eigenvalue weighted by atomic mass is 35.5. The molecule has 0 atom stereocenters. The average molecular weight is 182 g/mol. The summed E-state index contributed by atoms with van der Waals surface area (Å²) in [6, 6.07) is 0. The number of hydrazine groups is 2. The van der Waals surface area contributed by atoms with Crippen molar-refractivity contribution in [1.82, 2.24) is 11.0 Å². The van der Waals surface area contributed by atoms with Gasteiger partial charge in [0.15, 0.2) is 0 Å². The maximum atomic E-state index is 5.01. The third-order valence-electron chi connectivity index (χ3n) is 1.51. The van der Waals surface area contributed by atoms with E-state index in [2.05, 4.69) is 17.9 Å². The Morgan fingerprint density at radius 3 is 2.27 bits per heavy atom. The molecular weight excluding hydrogens is 162 g/mol. The van der Waals surface area contributed by atoms with Gasteiger partial charge in [0, 0.05) is 6.54 Å². The van der Waals surface area contributed by atoms with Crippen LogP contribution in [0.25, 0.3) is 0 Å². The molecule has 0 rings (SSSR count). The lowest BCUT2D eigenvalue weighted by atomic mass is 10.2. The summed E-state index contributed by atoms with van der Waals surface area (Å²) >= 11 is 0. The molecule has 0 aromatic rings. The summed E-state index contributed by atoms with van der Waals surface area (Å²) in [7, 11) is 0. The smallest absolute Gasteiger partial charge is 0.0113 e. The first-order valence-electron chi connectivity index (χ1n) is 4.10. The molecule has 3 nitrogen and oxygen atoms in total. The molecule has 0 spiro atoms. The number of nitrogens with two attached hydrogens (primary N) is 1. The van der Waals surface area contributed by atoms with E-state index in [1.54, 1.807) is 0 Å². The van der Waals surface area contributed by atoms with Gasteiger partial charge in [0.25, 0.3) is 0 Å². The standard InChI is InChI=1S/C7H19N3.ClH/c1-2-3-4-5-6-7-9-10-8;/h9-10H,2-8H2,1H3;1H. The third-order valence-corrected chi connectivity index (χ3v) is 1.51. The fourth-order valence-corrected chi connectivity index (χ4v) is 0.889. The number of nitrogens with one attached hydrogen (secondary N) is 2. The summed E-state index contributed by atoms with van der Waals surface area (Å²) < 4.78 is 0. The minimum atomic E-state index is 0. The molecule has 0 bridgehead atoms. The number of unbranched alkanes of at least 4 members (excludes halogenated alkanes) is 4. The van der Waals surface area contributed by atoms with Crippen molar-refractivity contribution < 1.29 is 0 Å². The van der Waals surface area contributed by atoms with Crippen LogP contribution < -0.4 is 16.8 Å². The van der Waals surface area contributed by atoms with Crippen LogP contribution in [-0.2, 0) is 0 Å². The Balaban J connectivity index is 0. The van der Waals surface area contributed by atoms with Gasteiger partial charge in [0.05, 0.1) is 0 Å². The molecular formula is C7H20ClN3. The fourth-order valence-electron chi connectivity index (χ4n) is 0.889. The molecule has 0 unspecified atom stereocenters. The molecule has 70 valence electrons. The van der Waals surface area contributed by atoms with Gasteiger partial charge >= 0.3 is 0 Å². The molecule has 4 heteroatoms. The maximum Gasteiger partial charge on any atom is 0.0113 e. The van der Waals surface area contributed by atoms with Gasteiger partial charge in [0.2, 0.25) is 0 Å². The Morgan fingerprint density at radius 2 is 1.73 bits per heavy atom. The molecule has 11 heavy (non-hydrogen) atoms. The molecule has 0 aliphatic rings. The predicted octanol–water partition coefficient (Wildman–Crippen LogP) is 1.35. The van der Waals surface area contributed by atoms with Crippen molar-refractivity contribution in [3.63, 3.8) is 0 Å². The van der Waals surface area contributed by atoms with E-state index in [0.29, 0.717) is 0 Å². The predicted molar refractivity (Wildman–Crippen MR) is 51.3 cm³/mol. The van der Waals surface area contributed by atoms with Gasteiger partial charge in [-0.3, -0.25) is 5.84 Å². The number of hydrogen-bond acceptors (Lipinski definition) is 3. The zero-order valence-electron chi connectivity index (χ0n) is 7.23. The van der Waals surface area contributed by atoms with Gasteiger partial charge < -0.3 is 0 Å². The molecule has 0 aromatic heterocycles. The second-order valence-corrected chi connectivity index (χ2v) is 2.49. The number of hydrogen-bond donors (Lipinski definition) is 3. The number of rotatable bonds is 7. The minimum absolute atomic E-state index is 0. The first-order chi connectivity index (χ1) is 4.91. The lowest BCUT2D eigenvalue weighted by molar-refractivity contribution is 0.516. The van der Waals surface area contributed by atoms with Crippen molar-refractivity contribution in [3.05, 3.63) is 0 Å². The van der Waals surface area contributed by atoms with Crippen LogP contribution in [0.15, 0.2) is 0 Å². The monoisotopic (exact) mass is 181 g/mol. The zero-order chi connectivity index (χ0) is 7.66. The normalized spacial score (nSPS) is 9.27. The van der Waals surface area contributed by atoms with Crippen LogP contribution in [0.3, 0.4) is 0 Å². The summed E-state index contributed by atoms with van der Waals surface area (Å²) in [6.45, 7) is 3.19. The van der Waals surface area contributed by atoms with Gasteiger partial charge in [-0.05, 0) is 6.42 Å². The van der Waals surface area contributed by atoms with E-state index in [1.807, 2.05) is 0 Å². The zero-order valence-corrected chi connectivity index (χ0v) is 8.04. The van der Waals surface area contributed by atoms with Crippen LogP contribution >= 0.6 is 12.4 Å². The van der Waals surface area contributed by atoms with Crippen LogP contribution in [0.5, 0.6) is 0 Å². The van der Waals surface area contributed by atoms with Gasteiger partial charge in [-0.15, -0.1) is 12.4 Å². The van der Waals surface area contributed by atoms with E-state index in [1.165, 1.54) is 32.1 Å². The van der Waals surface area contributed by atoms with Gasteiger partial charge in [-0.2, -0.15) is 5.53 Å². The van der Waals surface area contributed by atoms with Crippen molar-refractivity contribution in [2.75, 3.05) is 6.54 Å². The molecule has 0 aliphatic carbocycles. The SMILES string of the molecule is CCCCCCCNNN.Cl. The molecule has 0 heterocycles. The van der Waals surface area contributed by atoms with Crippen LogP contribution in [-0.4, -0.2) is 6.54 Å². The van der Waals surface area contributed by atoms with Crippen LogP contribution in [0, 0.1) is 0 Å². The Hall–Kier alpha value is 0.170. The van der Waals surface area contributed by atoms with Crippen LogP contribution in [0.4, 0.5) is 0 Å². The summed E-state index contributed by atoms with van der Waals surface area (Å²) in [5, 5.41) is 0. The quantitative estimate of drug-likeness (QED) is 0.316. The molecule has 4 N–H and O–H groups in total. The first-order valence-corrected chi connectivity index (χ1v) is 4.10. The van der Waals surface area contributed by atoms with E-state index in [4.69, 9.17) is 5.84 Å². The largest absolute Gasteiger partial charge is 0.258 e. The van der Waals surface area contributed by atoms with Gasteiger partial charge in [-0.25, -0.2) is 5.43 Å². The van der Waals surface area contributed by atoms with E-state index in [0.717, 1.165) is 6.54 Å². The van der Waals surface area contributed by atoms with Crippen molar-refractivity contribution in [2.24, 2.45) is 5.84 Å². The highest BCUT2D eigenvalue weighted by Crippen LogP contribution is 2.00. The lowest BCUT2D eigenvalue weighted by Gasteiger charge is -2.00. The molecule has 0 saturated heterocycles. The van der Waals surface area contributed by atoms with E-state index >= 15 is 0 Å². The van der Waals surface area contributed by atoms with Crippen LogP contribution in [0.1, 0.15) is 39.0 Å². The topological polar surface area (TPSA) is 50.1 Å². The Bertz CT molecular complexity index is 53.6. The van der Waals surface area contributed by atoms with Gasteiger partial charge in [0.1, 0.15) is 0 Å². The molecule has 0 radical (unpaired) electrons. The summed E-state index contributed by atoms with van der Waals surface area (Å²) in [4.78, 5) is 0. The molecule has 0 aromatic carbocycles. The summed E-state index contributed by atoms with van der Waals surface area (Å²) in [5.74, 6) is 5.01. The van der Waals surface area contributed by atoms with Crippen LogP contribution in [0.2, 0.25) is 0 Å². The van der Waals surface area contributed by atoms with Crippen molar-refractivity contribution in [3.8, 4) is 0 Å². The Morgan fingerprint density at radius 1 is 1.09 bits per heavy atom. The van der Waals surface area contributed by atoms with E-state index in [-0.39, 0.29) is 12.4 Å². The Kier molecular flexibility index (Phi) is 16.0. The van der Waals surface area contributed by atoms with E-state index in [9.17, 15) is 0 Å². The third kappa shape index (κ3) is 13.2. The lowest BCUT2D eigenvalue weighted by Crippen LogP contribution is -2.38. The maximum absolute atomic E-state index is 5.01.